The van der Waals surface area contributed by atoms with Gasteiger partial charge in [-0.2, -0.15) is 11.8 Å². The molecule has 0 aliphatic rings. The van der Waals surface area contributed by atoms with Crippen molar-refractivity contribution in [2.75, 3.05) is 18.6 Å². The molecule has 0 fully saturated rings. The van der Waals surface area contributed by atoms with Gasteiger partial charge in [0.1, 0.15) is 0 Å². The van der Waals surface area contributed by atoms with Crippen LogP contribution in [0.15, 0.2) is 5.38 Å². The Kier molecular flexibility index (Phi) is 7.40. The van der Waals surface area contributed by atoms with Crippen LogP contribution in [0.3, 0.4) is 0 Å². The topological polar surface area (TPSA) is 24.9 Å². The summed E-state index contributed by atoms with van der Waals surface area (Å²) in [5.74, 6) is 1.22. The Morgan fingerprint density at radius 2 is 2.16 bits per heavy atom. The van der Waals surface area contributed by atoms with Gasteiger partial charge in [-0.05, 0) is 31.4 Å². The lowest BCUT2D eigenvalue weighted by molar-refractivity contribution is 0.494. The Labute approximate surface area is 126 Å². The number of nitrogens with one attached hydrogen (secondary N) is 1. The minimum Gasteiger partial charge on any atom is -0.314 e. The molecule has 1 N–H and O–H groups in total. The number of rotatable bonds is 8. The van der Waals surface area contributed by atoms with Gasteiger partial charge in [0.15, 0.2) is 0 Å². The molecule has 0 aliphatic carbocycles. The van der Waals surface area contributed by atoms with Crippen molar-refractivity contribution < 1.29 is 0 Å². The lowest BCUT2D eigenvalue weighted by atomic mass is 9.93. The van der Waals surface area contributed by atoms with Gasteiger partial charge in [-0.1, -0.05) is 27.7 Å². The average molecular weight is 301 g/mol. The van der Waals surface area contributed by atoms with E-state index in [-0.39, 0.29) is 5.41 Å². The molecule has 4 heteroatoms. The minimum atomic E-state index is 0.167. The molecule has 110 valence electrons. The highest BCUT2D eigenvalue weighted by atomic mass is 32.2. The normalized spacial score (nSPS) is 13.7. The molecule has 1 aromatic rings. The van der Waals surface area contributed by atoms with Crippen LogP contribution in [-0.4, -0.2) is 29.6 Å². The van der Waals surface area contributed by atoms with E-state index in [1.54, 1.807) is 0 Å². The lowest BCUT2D eigenvalue weighted by Gasteiger charge is -2.17. The lowest BCUT2D eigenvalue weighted by Crippen LogP contribution is -2.32. The maximum Gasteiger partial charge on any atom is 0.0944 e. The van der Waals surface area contributed by atoms with Crippen molar-refractivity contribution in [2.24, 2.45) is 0 Å². The molecule has 0 spiro atoms. The molecule has 0 radical (unpaired) electrons. The number of aromatic nitrogens is 1. The molecule has 1 atom stereocenters. The van der Waals surface area contributed by atoms with Crippen LogP contribution in [-0.2, 0) is 11.8 Å². The van der Waals surface area contributed by atoms with Crippen molar-refractivity contribution in [3.05, 3.63) is 16.1 Å². The Hall–Kier alpha value is -0.0600. The number of thiazole rings is 1. The van der Waals surface area contributed by atoms with Gasteiger partial charge in [0, 0.05) is 23.3 Å². The van der Waals surface area contributed by atoms with Gasteiger partial charge in [-0.25, -0.2) is 4.98 Å². The van der Waals surface area contributed by atoms with E-state index >= 15 is 0 Å². The van der Waals surface area contributed by atoms with Crippen LogP contribution in [0.1, 0.15) is 51.2 Å². The molecule has 0 aliphatic heterocycles. The third-order valence-electron chi connectivity index (χ3n) is 3.09. The monoisotopic (exact) mass is 300 g/mol. The Morgan fingerprint density at radius 3 is 2.68 bits per heavy atom. The fourth-order valence-electron chi connectivity index (χ4n) is 1.84. The van der Waals surface area contributed by atoms with E-state index in [2.05, 4.69) is 44.6 Å². The van der Waals surface area contributed by atoms with Gasteiger partial charge < -0.3 is 5.32 Å². The smallest absolute Gasteiger partial charge is 0.0944 e. The van der Waals surface area contributed by atoms with E-state index in [1.807, 2.05) is 23.1 Å². The van der Waals surface area contributed by atoms with Gasteiger partial charge in [-0.15, -0.1) is 11.3 Å². The van der Waals surface area contributed by atoms with E-state index < -0.39 is 0 Å². The summed E-state index contributed by atoms with van der Waals surface area (Å²) in [6.07, 6.45) is 5.67. The maximum atomic E-state index is 4.81. The third-order valence-corrected chi connectivity index (χ3v) is 4.61. The molecule has 1 heterocycles. The first-order chi connectivity index (χ1) is 8.97. The fourth-order valence-corrected chi connectivity index (χ4v) is 3.47. The Bertz CT molecular complexity index is 347. The number of nitrogens with zero attached hydrogens (tertiary/aromatic N) is 1. The molecule has 0 amide bonds. The predicted octanol–water partition coefficient (Wildman–Crippen LogP) is 4.10. The second kappa shape index (κ2) is 8.28. The van der Waals surface area contributed by atoms with Gasteiger partial charge in [-0.3, -0.25) is 0 Å². The molecule has 0 bridgehead atoms. The van der Waals surface area contributed by atoms with E-state index in [1.165, 1.54) is 29.3 Å². The van der Waals surface area contributed by atoms with Crippen molar-refractivity contribution in [1.82, 2.24) is 10.3 Å². The fraction of sp³-hybridized carbons (Fsp3) is 0.800. The molecular formula is C15H28N2S2. The van der Waals surface area contributed by atoms with E-state index in [9.17, 15) is 0 Å². The summed E-state index contributed by atoms with van der Waals surface area (Å²) in [6.45, 7) is 10.0. The number of thioether (sulfide) groups is 1. The summed E-state index contributed by atoms with van der Waals surface area (Å²) in [6, 6.07) is 0.575. The zero-order chi connectivity index (χ0) is 14.3. The SMILES string of the molecule is CCCNC(CCSC)Cc1nc(C(C)(C)C)cs1. The second-order valence-electron chi connectivity index (χ2n) is 6.01. The van der Waals surface area contributed by atoms with Crippen LogP contribution < -0.4 is 5.32 Å². The van der Waals surface area contributed by atoms with E-state index in [4.69, 9.17) is 4.98 Å². The number of hydrogen-bond donors (Lipinski definition) is 1. The summed E-state index contributed by atoms with van der Waals surface area (Å²) in [7, 11) is 0. The van der Waals surface area contributed by atoms with Crippen molar-refractivity contribution in [3.8, 4) is 0 Å². The minimum absolute atomic E-state index is 0.167. The van der Waals surface area contributed by atoms with Gasteiger partial charge in [0.05, 0.1) is 10.7 Å². The first-order valence-corrected chi connectivity index (χ1v) is 9.42. The van der Waals surface area contributed by atoms with Crippen molar-refractivity contribution in [3.63, 3.8) is 0 Å². The van der Waals surface area contributed by atoms with Crippen LogP contribution in [0.25, 0.3) is 0 Å². The highest BCUT2D eigenvalue weighted by Gasteiger charge is 2.18. The van der Waals surface area contributed by atoms with Crippen molar-refractivity contribution in [1.29, 1.82) is 0 Å². The third kappa shape index (κ3) is 6.28. The molecule has 1 rings (SSSR count). The Balaban J connectivity index is 2.59. The van der Waals surface area contributed by atoms with E-state index in [0.717, 1.165) is 13.0 Å². The highest BCUT2D eigenvalue weighted by molar-refractivity contribution is 7.98. The number of hydrogen-bond acceptors (Lipinski definition) is 4. The van der Waals surface area contributed by atoms with E-state index in [0.29, 0.717) is 6.04 Å². The zero-order valence-corrected chi connectivity index (χ0v) is 14.6. The molecule has 2 nitrogen and oxygen atoms in total. The average Bonchev–Trinajstić information content (AvgIpc) is 2.81. The van der Waals surface area contributed by atoms with Crippen LogP contribution >= 0.6 is 23.1 Å². The largest absolute Gasteiger partial charge is 0.314 e. The van der Waals surface area contributed by atoms with Gasteiger partial charge in [0.25, 0.3) is 0 Å². The Morgan fingerprint density at radius 1 is 1.42 bits per heavy atom. The van der Waals surface area contributed by atoms with Crippen LogP contribution in [0.4, 0.5) is 0 Å². The molecular weight excluding hydrogens is 272 g/mol. The summed E-state index contributed by atoms with van der Waals surface area (Å²) in [5, 5.41) is 7.15. The predicted molar refractivity (Wildman–Crippen MR) is 89.6 cm³/mol. The standard InChI is InChI=1S/C15H28N2S2/c1-6-8-16-12(7-9-18-5)10-14-17-13(11-19-14)15(2,3)4/h11-12,16H,6-10H2,1-5H3. The van der Waals surface area contributed by atoms with Gasteiger partial charge >= 0.3 is 0 Å². The molecule has 19 heavy (non-hydrogen) atoms. The first kappa shape index (κ1) is 17.0. The summed E-state index contributed by atoms with van der Waals surface area (Å²) in [4.78, 5) is 4.81. The molecule has 1 aromatic heterocycles. The summed E-state index contributed by atoms with van der Waals surface area (Å²) < 4.78 is 0. The first-order valence-electron chi connectivity index (χ1n) is 7.14. The van der Waals surface area contributed by atoms with Gasteiger partial charge in [0.2, 0.25) is 0 Å². The molecule has 0 saturated carbocycles. The molecule has 1 unspecified atom stereocenters. The zero-order valence-electron chi connectivity index (χ0n) is 13.0. The van der Waals surface area contributed by atoms with Crippen LogP contribution in [0, 0.1) is 0 Å². The van der Waals surface area contributed by atoms with Crippen LogP contribution in [0.5, 0.6) is 0 Å². The van der Waals surface area contributed by atoms with Crippen molar-refractivity contribution in [2.45, 2.75) is 58.4 Å². The highest BCUT2D eigenvalue weighted by Crippen LogP contribution is 2.24. The quantitative estimate of drug-likeness (QED) is 0.782. The summed E-state index contributed by atoms with van der Waals surface area (Å²) in [5.41, 5.74) is 1.40. The maximum absolute atomic E-state index is 4.81. The van der Waals surface area contributed by atoms with Crippen LogP contribution in [0.2, 0.25) is 0 Å². The molecule has 0 saturated heterocycles. The summed E-state index contributed by atoms with van der Waals surface area (Å²) >= 11 is 3.74. The molecule has 0 aromatic carbocycles. The second-order valence-corrected chi connectivity index (χ2v) is 7.94. The van der Waals surface area contributed by atoms with Crippen molar-refractivity contribution >= 4 is 23.1 Å².